The Hall–Kier alpha value is -1.85. The van der Waals surface area contributed by atoms with Gasteiger partial charge in [-0.25, -0.2) is 4.79 Å². The van der Waals surface area contributed by atoms with Crippen LogP contribution in [-0.2, 0) is 9.59 Å². The van der Waals surface area contributed by atoms with E-state index in [1.807, 2.05) is 13.8 Å². The van der Waals surface area contributed by atoms with Crippen molar-refractivity contribution in [2.45, 2.75) is 32.9 Å². The standard InChI is InChI=1S/C10H15N3O3/c1-6(2)13-5-8(4-11-13)9(10(15)16)12-7(3)14/h4-6,9H,1-3H3,(H,12,14)(H,15,16). The molecule has 0 radical (unpaired) electrons. The third-order valence-corrected chi connectivity index (χ3v) is 2.08. The average Bonchev–Trinajstić information content (AvgIpc) is 2.61. The Morgan fingerprint density at radius 1 is 1.50 bits per heavy atom. The van der Waals surface area contributed by atoms with Gasteiger partial charge in [0, 0.05) is 24.7 Å². The summed E-state index contributed by atoms with van der Waals surface area (Å²) in [5, 5.41) is 15.4. The van der Waals surface area contributed by atoms with Gasteiger partial charge in [0.05, 0.1) is 6.20 Å². The van der Waals surface area contributed by atoms with Crippen LogP contribution in [0.4, 0.5) is 0 Å². The zero-order valence-corrected chi connectivity index (χ0v) is 9.47. The van der Waals surface area contributed by atoms with Crippen molar-refractivity contribution in [1.29, 1.82) is 0 Å². The van der Waals surface area contributed by atoms with E-state index in [2.05, 4.69) is 10.4 Å². The molecule has 88 valence electrons. The van der Waals surface area contributed by atoms with Crippen molar-refractivity contribution in [3.8, 4) is 0 Å². The van der Waals surface area contributed by atoms with Gasteiger partial charge in [-0.1, -0.05) is 0 Å². The van der Waals surface area contributed by atoms with Crippen molar-refractivity contribution in [3.63, 3.8) is 0 Å². The highest BCUT2D eigenvalue weighted by atomic mass is 16.4. The van der Waals surface area contributed by atoms with E-state index < -0.39 is 12.0 Å². The Morgan fingerprint density at radius 2 is 2.12 bits per heavy atom. The van der Waals surface area contributed by atoms with E-state index in [9.17, 15) is 9.59 Å². The van der Waals surface area contributed by atoms with E-state index in [0.717, 1.165) is 0 Å². The molecule has 0 saturated heterocycles. The van der Waals surface area contributed by atoms with Gasteiger partial charge in [0.1, 0.15) is 0 Å². The minimum Gasteiger partial charge on any atom is -0.479 e. The molecular weight excluding hydrogens is 210 g/mol. The Labute approximate surface area is 93.3 Å². The molecule has 0 bridgehead atoms. The average molecular weight is 225 g/mol. The number of carbonyl (C=O) groups excluding carboxylic acids is 1. The third kappa shape index (κ3) is 2.82. The summed E-state index contributed by atoms with van der Waals surface area (Å²) in [5.41, 5.74) is 0.469. The van der Waals surface area contributed by atoms with E-state index in [1.54, 1.807) is 10.9 Å². The summed E-state index contributed by atoms with van der Waals surface area (Å²) in [6.45, 7) is 5.15. The largest absolute Gasteiger partial charge is 0.479 e. The molecule has 1 amide bonds. The quantitative estimate of drug-likeness (QED) is 0.791. The highest BCUT2D eigenvalue weighted by Crippen LogP contribution is 2.14. The van der Waals surface area contributed by atoms with Crippen molar-refractivity contribution in [1.82, 2.24) is 15.1 Å². The molecule has 6 nitrogen and oxygen atoms in total. The number of amides is 1. The summed E-state index contributed by atoms with van der Waals surface area (Å²) in [4.78, 5) is 21.8. The van der Waals surface area contributed by atoms with Crippen LogP contribution < -0.4 is 5.32 Å². The van der Waals surface area contributed by atoms with Gasteiger partial charge in [-0.15, -0.1) is 0 Å². The number of nitrogens with zero attached hydrogens (tertiary/aromatic N) is 2. The number of carbonyl (C=O) groups is 2. The Morgan fingerprint density at radius 3 is 2.50 bits per heavy atom. The summed E-state index contributed by atoms with van der Waals surface area (Å²) < 4.78 is 1.65. The number of nitrogens with one attached hydrogen (secondary N) is 1. The molecule has 1 aromatic heterocycles. The molecule has 0 spiro atoms. The Bertz CT molecular complexity index is 398. The fourth-order valence-electron chi connectivity index (χ4n) is 1.28. The Kier molecular flexibility index (Phi) is 3.65. The van der Waals surface area contributed by atoms with Crippen molar-refractivity contribution < 1.29 is 14.7 Å². The molecule has 0 aromatic carbocycles. The van der Waals surface area contributed by atoms with Crippen molar-refractivity contribution in [2.75, 3.05) is 0 Å². The highest BCUT2D eigenvalue weighted by molar-refractivity contribution is 5.83. The molecule has 2 N–H and O–H groups in total. The van der Waals surface area contributed by atoms with E-state index in [4.69, 9.17) is 5.11 Å². The van der Waals surface area contributed by atoms with Crippen LogP contribution in [0.2, 0.25) is 0 Å². The molecule has 1 heterocycles. The number of aliphatic carboxylic acids is 1. The zero-order valence-electron chi connectivity index (χ0n) is 9.47. The van der Waals surface area contributed by atoms with Gasteiger partial charge in [-0.3, -0.25) is 9.48 Å². The van der Waals surface area contributed by atoms with Crippen LogP contribution >= 0.6 is 0 Å². The summed E-state index contributed by atoms with van der Waals surface area (Å²) in [6.07, 6.45) is 3.08. The predicted octanol–water partition coefficient (Wildman–Crippen LogP) is 0.726. The minimum absolute atomic E-state index is 0.153. The number of carboxylic acids is 1. The van der Waals surface area contributed by atoms with Crippen LogP contribution in [0.15, 0.2) is 12.4 Å². The lowest BCUT2D eigenvalue weighted by Gasteiger charge is -2.11. The zero-order chi connectivity index (χ0) is 12.3. The topological polar surface area (TPSA) is 84.2 Å². The summed E-state index contributed by atoms with van der Waals surface area (Å²) in [6, 6.07) is -0.884. The van der Waals surface area contributed by atoms with E-state index >= 15 is 0 Å². The molecule has 6 heteroatoms. The van der Waals surface area contributed by atoms with Gasteiger partial charge >= 0.3 is 5.97 Å². The monoisotopic (exact) mass is 225 g/mol. The van der Waals surface area contributed by atoms with Crippen molar-refractivity contribution in [2.24, 2.45) is 0 Å². The molecule has 16 heavy (non-hydrogen) atoms. The van der Waals surface area contributed by atoms with Crippen molar-refractivity contribution in [3.05, 3.63) is 18.0 Å². The van der Waals surface area contributed by atoms with Crippen molar-refractivity contribution >= 4 is 11.9 Å². The number of hydrogen-bond acceptors (Lipinski definition) is 3. The Balaban J connectivity index is 2.92. The van der Waals surface area contributed by atoms with Crippen LogP contribution in [0, 0.1) is 0 Å². The first-order valence-electron chi connectivity index (χ1n) is 4.95. The fraction of sp³-hybridized carbons (Fsp3) is 0.500. The molecule has 0 aliphatic heterocycles. The third-order valence-electron chi connectivity index (χ3n) is 2.08. The second-order valence-electron chi connectivity index (χ2n) is 3.82. The van der Waals surface area contributed by atoms with Crippen LogP contribution in [0.3, 0.4) is 0 Å². The summed E-state index contributed by atoms with van der Waals surface area (Å²) >= 11 is 0. The second kappa shape index (κ2) is 4.78. The number of aromatic nitrogens is 2. The molecule has 0 aliphatic rings. The maximum Gasteiger partial charge on any atom is 0.331 e. The first kappa shape index (κ1) is 12.2. The normalized spacial score (nSPS) is 12.5. The van der Waals surface area contributed by atoms with Gasteiger partial charge in [-0.05, 0) is 13.8 Å². The number of carboxylic acid groups (broad SMARTS) is 1. The van der Waals surface area contributed by atoms with Gasteiger partial charge < -0.3 is 10.4 Å². The maximum atomic E-state index is 11.0. The highest BCUT2D eigenvalue weighted by Gasteiger charge is 2.22. The molecule has 1 aromatic rings. The maximum absolute atomic E-state index is 11.0. The molecule has 1 rings (SSSR count). The molecule has 1 atom stereocenters. The SMILES string of the molecule is CC(=O)NC(C(=O)O)c1cnn(C(C)C)c1. The van der Waals surface area contributed by atoms with Crippen LogP contribution in [0.5, 0.6) is 0 Å². The summed E-state index contributed by atoms with van der Waals surface area (Å²) in [7, 11) is 0. The molecule has 0 fully saturated rings. The van der Waals surface area contributed by atoms with Crippen LogP contribution in [-0.4, -0.2) is 26.8 Å². The van der Waals surface area contributed by atoms with Gasteiger partial charge in [-0.2, -0.15) is 5.10 Å². The van der Waals surface area contributed by atoms with E-state index in [1.165, 1.54) is 13.1 Å². The van der Waals surface area contributed by atoms with Gasteiger partial charge in [0.25, 0.3) is 0 Å². The van der Waals surface area contributed by atoms with Crippen LogP contribution in [0.1, 0.15) is 38.4 Å². The van der Waals surface area contributed by atoms with Gasteiger partial charge in [0.15, 0.2) is 6.04 Å². The first-order valence-corrected chi connectivity index (χ1v) is 4.95. The smallest absolute Gasteiger partial charge is 0.331 e. The van der Waals surface area contributed by atoms with Crippen LogP contribution in [0.25, 0.3) is 0 Å². The lowest BCUT2D eigenvalue weighted by atomic mass is 10.1. The molecule has 1 unspecified atom stereocenters. The second-order valence-corrected chi connectivity index (χ2v) is 3.82. The van der Waals surface area contributed by atoms with E-state index in [0.29, 0.717) is 5.56 Å². The molecular formula is C10H15N3O3. The number of rotatable bonds is 4. The fourth-order valence-corrected chi connectivity index (χ4v) is 1.28. The van der Waals surface area contributed by atoms with Gasteiger partial charge in [0.2, 0.25) is 5.91 Å². The predicted molar refractivity (Wildman–Crippen MR) is 56.8 cm³/mol. The molecule has 0 aliphatic carbocycles. The lowest BCUT2D eigenvalue weighted by Crippen LogP contribution is -2.31. The van der Waals surface area contributed by atoms with E-state index in [-0.39, 0.29) is 11.9 Å². The lowest BCUT2D eigenvalue weighted by molar-refractivity contribution is -0.141. The minimum atomic E-state index is -1.10. The first-order chi connectivity index (χ1) is 7.41. The summed E-state index contributed by atoms with van der Waals surface area (Å²) in [5.74, 6) is -1.48. The molecule has 0 saturated carbocycles. The number of hydrogen-bond donors (Lipinski definition) is 2.